The van der Waals surface area contributed by atoms with E-state index in [2.05, 4.69) is 24.7 Å². The highest BCUT2D eigenvalue weighted by Gasteiger charge is 2.10. The molecule has 0 rings (SSSR count). The summed E-state index contributed by atoms with van der Waals surface area (Å²) in [6, 6.07) is 0.218. The molecule has 0 aromatic heterocycles. The zero-order valence-electron chi connectivity index (χ0n) is 10.8. The minimum Gasteiger partial charge on any atom is -0.392 e. The lowest BCUT2D eigenvalue weighted by atomic mass is 10.1. The summed E-state index contributed by atoms with van der Waals surface area (Å²) in [5, 5.41) is 0. The van der Waals surface area contributed by atoms with Crippen LogP contribution in [0.4, 0.5) is 4.39 Å². The Morgan fingerprint density at radius 3 is 2.50 bits per heavy atom. The van der Waals surface area contributed by atoms with Gasteiger partial charge in [0.05, 0.1) is 6.04 Å². The first kappa shape index (κ1) is 15.1. The number of aliphatic imine (C=N–C) groups is 1. The summed E-state index contributed by atoms with van der Waals surface area (Å²) in [4.78, 5) is 5.94. The van der Waals surface area contributed by atoms with Gasteiger partial charge in [0.1, 0.15) is 5.70 Å². The van der Waals surface area contributed by atoms with Gasteiger partial charge in [-0.25, -0.2) is 9.38 Å². The van der Waals surface area contributed by atoms with Gasteiger partial charge in [0, 0.05) is 12.4 Å². The van der Waals surface area contributed by atoms with E-state index >= 15 is 0 Å². The lowest BCUT2D eigenvalue weighted by molar-refractivity contribution is 0.278. The molecule has 0 bridgehead atoms. The van der Waals surface area contributed by atoms with Crippen LogP contribution in [0.25, 0.3) is 0 Å². The molecule has 0 aliphatic rings. The first-order chi connectivity index (χ1) is 7.51. The second kappa shape index (κ2) is 8.31. The fraction of sp³-hybridized carbons (Fsp3) is 0.833. The fourth-order valence-electron chi connectivity index (χ4n) is 1.35. The van der Waals surface area contributed by atoms with Gasteiger partial charge in [-0.2, -0.15) is 0 Å². The lowest BCUT2D eigenvalue weighted by Gasteiger charge is -2.12. The molecule has 0 aliphatic heterocycles. The molecule has 2 unspecified atom stereocenters. The van der Waals surface area contributed by atoms with Crippen molar-refractivity contribution in [2.45, 2.75) is 45.3 Å². The Bertz CT molecular complexity index is 245. The van der Waals surface area contributed by atoms with E-state index in [0.717, 1.165) is 19.3 Å². The maximum atomic E-state index is 13.5. The summed E-state index contributed by atoms with van der Waals surface area (Å²) >= 11 is 0. The van der Waals surface area contributed by atoms with Gasteiger partial charge in [-0.05, 0) is 26.9 Å². The molecule has 0 spiro atoms. The Balaban J connectivity index is 4.42. The van der Waals surface area contributed by atoms with Crippen molar-refractivity contribution >= 4 is 5.87 Å². The third-order valence-electron chi connectivity index (χ3n) is 2.33. The van der Waals surface area contributed by atoms with Gasteiger partial charge in [-0.3, -0.25) is 0 Å². The zero-order chi connectivity index (χ0) is 12.6. The van der Waals surface area contributed by atoms with Gasteiger partial charge in [-0.1, -0.05) is 20.3 Å². The minimum atomic E-state index is -1.18. The average molecular weight is 229 g/mol. The lowest BCUT2D eigenvalue weighted by Crippen LogP contribution is -2.27. The topological polar surface area (TPSA) is 41.6 Å². The van der Waals surface area contributed by atoms with E-state index in [1.165, 1.54) is 0 Å². The van der Waals surface area contributed by atoms with Gasteiger partial charge in [0.25, 0.3) is 0 Å². The first-order valence-corrected chi connectivity index (χ1v) is 5.88. The second-order valence-electron chi connectivity index (χ2n) is 4.28. The minimum absolute atomic E-state index is 0.100. The Labute approximate surface area is 98.2 Å². The molecule has 2 N–H and O–H groups in total. The van der Waals surface area contributed by atoms with Crippen molar-refractivity contribution in [1.82, 2.24) is 4.90 Å². The first-order valence-electron chi connectivity index (χ1n) is 5.88. The van der Waals surface area contributed by atoms with Crippen LogP contribution in [0, 0.1) is 0 Å². The van der Waals surface area contributed by atoms with Gasteiger partial charge >= 0.3 is 0 Å². The maximum absolute atomic E-state index is 13.5. The van der Waals surface area contributed by atoms with Crippen LogP contribution < -0.4 is 5.73 Å². The van der Waals surface area contributed by atoms with E-state index in [4.69, 9.17) is 5.73 Å². The highest BCUT2D eigenvalue weighted by atomic mass is 19.1. The number of rotatable bonds is 7. The van der Waals surface area contributed by atoms with E-state index < -0.39 is 6.17 Å². The third kappa shape index (κ3) is 6.59. The predicted molar refractivity (Wildman–Crippen MR) is 67.6 cm³/mol. The largest absolute Gasteiger partial charge is 0.392 e. The van der Waals surface area contributed by atoms with Gasteiger partial charge in [0.15, 0.2) is 6.17 Å². The zero-order valence-corrected chi connectivity index (χ0v) is 10.8. The maximum Gasteiger partial charge on any atom is 0.161 e. The molecule has 0 fully saturated rings. The number of hydrogen-bond donors (Lipinski definition) is 1. The molecule has 94 valence electrons. The Morgan fingerprint density at radius 1 is 1.44 bits per heavy atom. The summed E-state index contributed by atoms with van der Waals surface area (Å²) in [6.45, 7) is 4.45. The van der Waals surface area contributed by atoms with Gasteiger partial charge in [0.2, 0.25) is 0 Å². The van der Waals surface area contributed by atoms with E-state index in [9.17, 15) is 4.39 Å². The fourth-order valence-corrected chi connectivity index (χ4v) is 1.35. The van der Waals surface area contributed by atoms with Crippen LogP contribution in [0.3, 0.4) is 0 Å². The van der Waals surface area contributed by atoms with Crippen molar-refractivity contribution in [3.63, 3.8) is 0 Å². The van der Waals surface area contributed by atoms with Crippen LogP contribution in [0.15, 0.2) is 10.7 Å². The molecule has 0 saturated carbocycles. The number of nitrogens with zero attached hydrogens (tertiary/aromatic N) is 2. The Morgan fingerprint density at radius 2 is 2.06 bits per heavy atom. The van der Waals surface area contributed by atoms with Gasteiger partial charge in [-0.15, -0.1) is 0 Å². The molecule has 0 heterocycles. The molecule has 3 nitrogen and oxygen atoms in total. The predicted octanol–water partition coefficient (Wildman–Crippen LogP) is 1.98. The molecule has 2 atom stereocenters. The van der Waals surface area contributed by atoms with E-state index in [0.29, 0.717) is 0 Å². The van der Waals surface area contributed by atoms with Crippen molar-refractivity contribution in [1.29, 1.82) is 0 Å². The molecular formula is C12H24FN3. The quantitative estimate of drug-likeness (QED) is 0.678. The molecule has 0 aliphatic carbocycles. The summed E-state index contributed by atoms with van der Waals surface area (Å²) in [7, 11) is 3.62. The summed E-state index contributed by atoms with van der Waals surface area (Å²) < 4.78 is 13.5. The standard InChI is InChI=1S/C12H24FN3/c1-5-7-10(6-2)15-8-12(14)11(13)9-16(3)4/h10-11H,5-7,9,14H2,1-4H3. The summed E-state index contributed by atoms with van der Waals surface area (Å²) in [6.07, 6.45) is 1.83. The SMILES string of the molecule is CCCC(CC)N=C=C(N)C(F)CN(C)C. The normalized spacial score (nSPS) is 14.4. The Hall–Kier alpha value is -0.860. The summed E-state index contributed by atoms with van der Waals surface area (Å²) in [5.74, 6) is 2.64. The monoisotopic (exact) mass is 229 g/mol. The molecule has 0 aromatic rings. The smallest absolute Gasteiger partial charge is 0.161 e. The number of alkyl halides is 1. The average Bonchev–Trinajstić information content (AvgIpc) is 2.22. The third-order valence-corrected chi connectivity index (χ3v) is 2.33. The van der Waals surface area contributed by atoms with Crippen molar-refractivity contribution in [3.05, 3.63) is 5.70 Å². The van der Waals surface area contributed by atoms with Crippen molar-refractivity contribution in [3.8, 4) is 0 Å². The molecule has 16 heavy (non-hydrogen) atoms. The van der Waals surface area contributed by atoms with Crippen LogP contribution in [-0.4, -0.2) is 43.6 Å². The number of halogens is 1. The van der Waals surface area contributed by atoms with Crippen molar-refractivity contribution in [2.75, 3.05) is 20.6 Å². The molecule has 0 aromatic carbocycles. The van der Waals surface area contributed by atoms with E-state index in [1.54, 1.807) is 4.90 Å². The van der Waals surface area contributed by atoms with Crippen LogP contribution in [-0.2, 0) is 0 Å². The Kier molecular flexibility index (Phi) is 7.86. The highest BCUT2D eigenvalue weighted by molar-refractivity contribution is 5.58. The van der Waals surface area contributed by atoms with Crippen molar-refractivity contribution in [2.24, 2.45) is 10.7 Å². The molecule has 0 radical (unpaired) electrons. The van der Waals surface area contributed by atoms with Gasteiger partial charge < -0.3 is 10.6 Å². The van der Waals surface area contributed by atoms with E-state index in [-0.39, 0.29) is 18.3 Å². The van der Waals surface area contributed by atoms with Crippen molar-refractivity contribution < 1.29 is 4.39 Å². The second-order valence-corrected chi connectivity index (χ2v) is 4.28. The van der Waals surface area contributed by atoms with E-state index in [1.807, 2.05) is 14.1 Å². The number of nitrogens with two attached hydrogens (primary N) is 1. The van der Waals surface area contributed by atoms with Crippen LogP contribution in [0.5, 0.6) is 0 Å². The molecular weight excluding hydrogens is 205 g/mol. The molecule has 0 saturated heterocycles. The number of hydrogen-bond acceptors (Lipinski definition) is 3. The highest BCUT2D eigenvalue weighted by Crippen LogP contribution is 2.05. The summed E-state index contributed by atoms with van der Waals surface area (Å²) in [5.41, 5.74) is 5.68. The van der Waals surface area contributed by atoms with Crippen LogP contribution in [0.1, 0.15) is 33.1 Å². The molecule has 4 heteroatoms. The molecule has 0 amide bonds. The van der Waals surface area contributed by atoms with Crippen LogP contribution in [0.2, 0.25) is 0 Å². The van der Waals surface area contributed by atoms with Crippen LogP contribution >= 0.6 is 0 Å².